The Kier molecular flexibility index (Phi) is 3.92. The van der Waals surface area contributed by atoms with Crippen molar-refractivity contribution in [2.24, 2.45) is 0 Å². The Morgan fingerprint density at radius 3 is 3.00 bits per heavy atom. The second-order valence-electron chi connectivity index (χ2n) is 5.74. The lowest BCUT2D eigenvalue weighted by Gasteiger charge is -2.28. The van der Waals surface area contributed by atoms with Gasteiger partial charge in [-0.3, -0.25) is 9.59 Å². The number of hydrogen-bond acceptors (Lipinski definition) is 3. The van der Waals surface area contributed by atoms with Crippen molar-refractivity contribution in [3.05, 3.63) is 29.3 Å². The van der Waals surface area contributed by atoms with Crippen molar-refractivity contribution in [1.82, 2.24) is 10.2 Å². The third-order valence-electron chi connectivity index (χ3n) is 4.18. The summed E-state index contributed by atoms with van der Waals surface area (Å²) < 4.78 is 0. The first-order chi connectivity index (χ1) is 10.2. The highest BCUT2D eigenvalue weighted by Crippen LogP contribution is 2.25. The van der Waals surface area contributed by atoms with E-state index in [1.165, 1.54) is 0 Å². The van der Waals surface area contributed by atoms with E-state index in [0.29, 0.717) is 12.0 Å². The summed E-state index contributed by atoms with van der Waals surface area (Å²) in [5.74, 6) is 0.0644. The molecule has 0 aromatic heterocycles. The maximum atomic E-state index is 12.8. The average molecular weight is 287 g/mol. The van der Waals surface area contributed by atoms with Crippen LogP contribution in [-0.2, 0) is 11.2 Å². The van der Waals surface area contributed by atoms with Gasteiger partial charge in [-0.25, -0.2) is 0 Å². The monoisotopic (exact) mass is 287 g/mol. The Balaban J connectivity index is 1.82. The van der Waals surface area contributed by atoms with Crippen molar-refractivity contribution in [1.29, 1.82) is 0 Å². The molecule has 2 amide bonds. The smallest absolute Gasteiger partial charge is 0.254 e. The molecule has 0 aliphatic carbocycles. The van der Waals surface area contributed by atoms with Crippen LogP contribution in [0.5, 0.6) is 0 Å². The highest BCUT2D eigenvalue weighted by atomic mass is 16.2. The highest BCUT2D eigenvalue weighted by molar-refractivity contribution is 6.02. The van der Waals surface area contributed by atoms with Gasteiger partial charge in [0.2, 0.25) is 5.91 Å². The van der Waals surface area contributed by atoms with Gasteiger partial charge >= 0.3 is 0 Å². The van der Waals surface area contributed by atoms with Crippen LogP contribution in [0, 0.1) is 0 Å². The summed E-state index contributed by atoms with van der Waals surface area (Å²) >= 11 is 0. The number of fused-ring (bicyclic) bond motifs is 1. The van der Waals surface area contributed by atoms with E-state index in [0.717, 1.165) is 43.7 Å². The van der Waals surface area contributed by atoms with Gasteiger partial charge in [0, 0.05) is 30.4 Å². The largest absolute Gasteiger partial charge is 0.334 e. The predicted octanol–water partition coefficient (Wildman–Crippen LogP) is 1.40. The summed E-state index contributed by atoms with van der Waals surface area (Å²) in [6.07, 6.45) is 2.37. The molecular formula is C16H21N3O2. The Hall–Kier alpha value is -1.88. The van der Waals surface area contributed by atoms with Crippen LogP contribution in [-0.4, -0.2) is 42.4 Å². The summed E-state index contributed by atoms with van der Waals surface area (Å²) in [4.78, 5) is 26.2. The maximum absolute atomic E-state index is 12.8. The first-order valence-electron chi connectivity index (χ1n) is 7.63. The van der Waals surface area contributed by atoms with Gasteiger partial charge in [-0.05, 0) is 37.1 Å². The molecule has 0 radical (unpaired) electrons. The molecule has 2 aliphatic heterocycles. The van der Waals surface area contributed by atoms with Gasteiger partial charge in [0.05, 0.1) is 6.42 Å². The summed E-state index contributed by atoms with van der Waals surface area (Å²) in [5, 5.41) is 6.13. The van der Waals surface area contributed by atoms with E-state index >= 15 is 0 Å². The van der Waals surface area contributed by atoms with Crippen molar-refractivity contribution in [3.8, 4) is 0 Å². The van der Waals surface area contributed by atoms with Crippen molar-refractivity contribution in [2.75, 3.05) is 25.0 Å². The summed E-state index contributed by atoms with van der Waals surface area (Å²) in [7, 11) is 0. The van der Waals surface area contributed by atoms with E-state index in [4.69, 9.17) is 0 Å². The van der Waals surface area contributed by atoms with Crippen molar-refractivity contribution >= 4 is 17.5 Å². The van der Waals surface area contributed by atoms with E-state index < -0.39 is 0 Å². The molecule has 2 N–H and O–H groups in total. The molecule has 1 aromatic carbocycles. The van der Waals surface area contributed by atoms with Gasteiger partial charge in [0.25, 0.3) is 5.91 Å². The van der Waals surface area contributed by atoms with Gasteiger partial charge in [-0.1, -0.05) is 13.0 Å². The van der Waals surface area contributed by atoms with E-state index in [1.807, 2.05) is 23.1 Å². The van der Waals surface area contributed by atoms with Crippen LogP contribution in [0.4, 0.5) is 5.69 Å². The number of nitrogens with one attached hydrogen (secondary N) is 2. The molecule has 0 saturated carbocycles. The third-order valence-corrected chi connectivity index (χ3v) is 4.18. The molecule has 1 aromatic rings. The number of nitrogens with zero attached hydrogens (tertiary/aromatic N) is 1. The molecule has 5 nitrogen and oxygen atoms in total. The Morgan fingerprint density at radius 2 is 2.29 bits per heavy atom. The van der Waals surface area contributed by atoms with Crippen molar-refractivity contribution in [3.63, 3.8) is 0 Å². The number of amides is 2. The Morgan fingerprint density at radius 1 is 1.43 bits per heavy atom. The first kappa shape index (κ1) is 14.1. The van der Waals surface area contributed by atoms with Crippen LogP contribution in [0.1, 0.15) is 35.7 Å². The molecule has 5 heteroatoms. The quantitative estimate of drug-likeness (QED) is 0.880. The van der Waals surface area contributed by atoms with Gasteiger partial charge < -0.3 is 15.5 Å². The van der Waals surface area contributed by atoms with E-state index in [2.05, 4.69) is 17.6 Å². The summed E-state index contributed by atoms with van der Waals surface area (Å²) in [5.41, 5.74) is 2.42. The van der Waals surface area contributed by atoms with Crippen molar-refractivity contribution in [2.45, 2.75) is 32.2 Å². The standard InChI is InChI=1S/C16H21N3O2/c1-2-7-19(13-5-6-17-10-13)16(21)12-4-3-11-9-15(20)18-14(11)8-12/h3-4,8,13,17H,2,5-7,9-10H2,1H3,(H,18,20). The van der Waals surface area contributed by atoms with Crippen LogP contribution >= 0.6 is 0 Å². The molecule has 1 fully saturated rings. The molecule has 1 atom stereocenters. The second-order valence-corrected chi connectivity index (χ2v) is 5.74. The van der Waals surface area contributed by atoms with Gasteiger partial charge in [-0.2, -0.15) is 0 Å². The third kappa shape index (κ3) is 2.78. The normalized spacial score (nSPS) is 20.2. The number of carbonyl (C=O) groups is 2. The molecule has 112 valence electrons. The summed E-state index contributed by atoms with van der Waals surface area (Å²) in [6, 6.07) is 5.82. The van der Waals surface area contributed by atoms with E-state index in [1.54, 1.807) is 0 Å². The molecule has 1 saturated heterocycles. The second kappa shape index (κ2) is 5.85. The van der Waals surface area contributed by atoms with Gasteiger partial charge in [0.15, 0.2) is 0 Å². The maximum Gasteiger partial charge on any atom is 0.254 e. The Labute approximate surface area is 124 Å². The molecular weight excluding hydrogens is 266 g/mol. The molecule has 21 heavy (non-hydrogen) atoms. The fourth-order valence-corrected chi connectivity index (χ4v) is 3.11. The number of benzene rings is 1. The molecule has 0 bridgehead atoms. The topological polar surface area (TPSA) is 61.4 Å². The zero-order chi connectivity index (χ0) is 14.8. The molecule has 2 aliphatic rings. The lowest BCUT2D eigenvalue weighted by Crippen LogP contribution is -2.42. The fraction of sp³-hybridized carbons (Fsp3) is 0.500. The minimum Gasteiger partial charge on any atom is -0.334 e. The van der Waals surface area contributed by atoms with E-state index in [9.17, 15) is 9.59 Å². The number of anilines is 1. The van der Waals surface area contributed by atoms with Crippen LogP contribution in [0.3, 0.4) is 0 Å². The van der Waals surface area contributed by atoms with E-state index in [-0.39, 0.29) is 17.9 Å². The van der Waals surface area contributed by atoms with Crippen LogP contribution in [0.25, 0.3) is 0 Å². The van der Waals surface area contributed by atoms with Crippen LogP contribution in [0.15, 0.2) is 18.2 Å². The van der Waals surface area contributed by atoms with Crippen LogP contribution < -0.4 is 10.6 Å². The highest BCUT2D eigenvalue weighted by Gasteiger charge is 2.27. The SMILES string of the molecule is CCCN(C(=O)c1ccc2c(c1)NC(=O)C2)C1CCNC1. The number of hydrogen-bond donors (Lipinski definition) is 2. The lowest BCUT2D eigenvalue weighted by atomic mass is 10.1. The van der Waals surface area contributed by atoms with Crippen molar-refractivity contribution < 1.29 is 9.59 Å². The average Bonchev–Trinajstić information content (AvgIpc) is 3.11. The molecule has 2 heterocycles. The molecule has 1 unspecified atom stereocenters. The first-order valence-corrected chi connectivity index (χ1v) is 7.63. The zero-order valence-electron chi connectivity index (χ0n) is 12.3. The van der Waals surface area contributed by atoms with Gasteiger partial charge in [-0.15, -0.1) is 0 Å². The Bertz CT molecular complexity index is 565. The molecule has 0 spiro atoms. The zero-order valence-corrected chi connectivity index (χ0v) is 12.3. The minimum atomic E-state index is 0.00000575. The van der Waals surface area contributed by atoms with Gasteiger partial charge in [0.1, 0.15) is 0 Å². The number of rotatable bonds is 4. The lowest BCUT2D eigenvalue weighted by molar-refractivity contribution is -0.115. The number of carbonyl (C=O) groups excluding carboxylic acids is 2. The predicted molar refractivity (Wildman–Crippen MR) is 81.4 cm³/mol. The fourth-order valence-electron chi connectivity index (χ4n) is 3.11. The molecule has 3 rings (SSSR count). The summed E-state index contributed by atoms with van der Waals surface area (Å²) in [6.45, 7) is 4.70. The minimum absolute atomic E-state index is 0.00000575. The van der Waals surface area contributed by atoms with Crippen LogP contribution in [0.2, 0.25) is 0 Å².